The normalized spacial score (nSPS) is 13.7. The number of carbonyl (C=O) groups excluding carboxylic acids is 1. The molecule has 0 saturated carbocycles. The third-order valence-electron chi connectivity index (χ3n) is 5.82. The van der Waals surface area contributed by atoms with E-state index >= 15 is 0 Å². The summed E-state index contributed by atoms with van der Waals surface area (Å²) in [4.78, 5) is 12.7. The number of nitrogens with one attached hydrogen (secondary N) is 1. The number of pyridine rings is 1. The summed E-state index contributed by atoms with van der Waals surface area (Å²) in [5.41, 5.74) is -0.686. The SMILES string of the molecule is CCNC(=O)c1cc2cc(Cn3cc(C(O)(CC)C(F)(F)F)nn3)ccn2c1-c1ccc(F)cc1. The van der Waals surface area contributed by atoms with Crippen LogP contribution in [-0.4, -0.2) is 43.1 Å². The zero-order chi connectivity index (χ0) is 25.4. The second kappa shape index (κ2) is 9.14. The van der Waals surface area contributed by atoms with Gasteiger partial charge in [0.1, 0.15) is 11.5 Å². The lowest BCUT2D eigenvalue weighted by atomic mass is 9.96. The first kappa shape index (κ1) is 24.4. The van der Waals surface area contributed by atoms with Gasteiger partial charge in [0.25, 0.3) is 5.91 Å². The molecule has 7 nitrogen and oxygen atoms in total. The Bertz CT molecular complexity index is 1360. The first-order valence-electron chi connectivity index (χ1n) is 10.9. The Morgan fingerprint density at radius 1 is 1.11 bits per heavy atom. The molecule has 1 amide bonds. The standard InChI is InChI=1S/C24H23F4N5O2/c1-3-23(35,24(26,27)28)20-14-32(31-30-20)13-15-9-10-33-18(11-15)12-19(22(34)29-4-2)21(33)16-5-7-17(25)8-6-16/h5-12,14,35H,3-4,13H2,1-2H3,(H,29,34). The molecule has 1 aromatic carbocycles. The molecule has 1 atom stereocenters. The molecule has 0 saturated heterocycles. The summed E-state index contributed by atoms with van der Waals surface area (Å²) in [6.07, 6.45) is -2.69. The Labute approximate surface area is 198 Å². The van der Waals surface area contributed by atoms with Gasteiger partial charge in [-0.15, -0.1) is 5.10 Å². The molecule has 3 aromatic heterocycles. The van der Waals surface area contributed by atoms with Gasteiger partial charge in [-0.1, -0.05) is 12.1 Å². The number of halogens is 4. The van der Waals surface area contributed by atoms with Gasteiger partial charge in [0.05, 0.1) is 24.0 Å². The molecular formula is C24H23F4N5O2. The number of hydrogen-bond donors (Lipinski definition) is 2. The predicted octanol–water partition coefficient (Wildman–Crippen LogP) is 4.29. The van der Waals surface area contributed by atoms with Crippen LogP contribution in [0.2, 0.25) is 0 Å². The number of carbonyl (C=O) groups is 1. The van der Waals surface area contributed by atoms with Gasteiger partial charge in [0.2, 0.25) is 5.60 Å². The van der Waals surface area contributed by atoms with Gasteiger partial charge in [-0.05, 0) is 66.9 Å². The Morgan fingerprint density at radius 2 is 1.83 bits per heavy atom. The summed E-state index contributed by atoms with van der Waals surface area (Å²) < 4.78 is 56.5. The van der Waals surface area contributed by atoms with Crippen LogP contribution in [-0.2, 0) is 12.1 Å². The molecule has 35 heavy (non-hydrogen) atoms. The molecule has 0 aliphatic heterocycles. The fourth-order valence-electron chi connectivity index (χ4n) is 3.93. The quantitative estimate of drug-likeness (QED) is 0.380. The summed E-state index contributed by atoms with van der Waals surface area (Å²) in [7, 11) is 0. The van der Waals surface area contributed by atoms with Crippen molar-refractivity contribution in [1.82, 2.24) is 24.7 Å². The van der Waals surface area contributed by atoms with Crippen LogP contribution in [0.25, 0.3) is 16.8 Å². The topological polar surface area (TPSA) is 84.5 Å². The van der Waals surface area contributed by atoms with Crippen molar-refractivity contribution in [2.45, 2.75) is 38.6 Å². The lowest BCUT2D eigenvalue weighted by molar-refractivity contribution is -0.269. The second-order valence-electron chi connectivity index (χ2n) is 8.12. The molecule has 0 aliphatic rings. The van der Waals surface area contributed by atoms with E-state index in [1.165, 1.54) is 23.7 Å². The molecule has 0 aliphatic carbocycles. The lowest BCUT2D eigenvalue weighted by Gasteiger charge is -2.26. The van der Waals surface area contributed by atoms with Crippen molar-refractivity contribution in [1.29, 1.82) is 0 Å². The van der Waals surface area contributed by atoms with Gasteiger partial charge in [0.15, 0.2) is 0 Å². The Morgan fingerprint density at radius 3 is 2.46 bits per heavy atom. The zero-order valence-corrected chi connectivity index (χ0v) is 19.0. The van der Waals surface area contributed by atoms with Gasteiger partial charge in [-0.2, -0.15) is 13.2 Å². The number of hydrogen-bond acceptors (Lipinski definition) is 4. The summed E-state index contributed by atoms with van der Waals surface area (Å²) in [5.74, 6) is -0.687. The average Bonchev–Trinajstić information content (AvgIpc) is 3.43. The molecule has 4 rings (SSSR count). The van der Waals surface area contributed by atoms with E-state index < -0.39 is 29.7 Å². The molecule has 2 N–H and O–H groups in total. The largest absolute Gasteiger partial charge is 0.423 e. The van der Waals surface area contributed by atoms with Crippen LogP contribution >= 0.6 is 0 Å². The van der Waals surface area contributed by atoms with Gasteiger partial charge >= 0.3 is 6.18 Å². The van der Waals surface area contributed by atoms with Crippen molar-refractivity contribution >= 4 is 11.4 Å². The maximum atomic E-state index is 13.5. The molecule has 0 fully saturated rings. The Kier molecular flexibility index (Phi) is 6.37. The third kappa shape index (κ3) is 4.51. The van der Waals surface area contributed by atoms with Crippen molar-refractivity contribution in [2.75, 3.05) is 6.54 Å². The number of amides is 1. The summed E-state index contributed by atoms with van der Waals surface area (Å²) in [6.45, 7) is 3.54. The average molecular weight is 489 g/mol. The summed E-state index contributed by atoms with van der Waals surface area (Å²) in [5, 5.41) is 20.2. The highest BCUT2D eigenvalue weighted by molar-refractivity contribution is 6.02. The van der Waals surface area contributed by atoms with Crippen molar-refractivity contribution in [3.05, 3.63) is 77.5 Å². The first-order valence-corrected chi connectivity index (χ1v) is 10.9. The van der Waals surface area contributed by atoms with Crippen molar-refractivity contribution in [3.63, 3.8) is 0 Å². The molecule has 184 valence electrons. The predicted molar refractivity (Wildman–Crippen MR) is 120 cm³/mol. The number of aromatic nitrogens is 4. The van der Waals surface area contributed by atoms with E-state index in [1.807, 2.05) is 0 Å². The molecule has 11 heteroatoms. The molecule has 0 radical (unpaired) electrons. The van der Waals surface area contributed by atoms with Gasteiger partial charge in [-0.3, -0.25) is 4.79 Å². The van der Waals surface area contributed by atoms with Crippen LogP contribution in [0.4, 0.5) is 17.6 Å². The Hall–Kier alpha value is -3.73. The minimum atomic E-state index is -4.89. The number of nitrogens with zero attached hydrogens (tertiary/aromatic N) is 4. The van der Waals surface area contributed by atoms with Gasteiger partial charge in [0, 0.05) is 18.3 Å². The number of rotatable bonds is 7. The zero-order valence-electron chi connectivity index (χ0n) is 19.0. The van der Waals surface area contributed by atoms with Crippen LogP contribution in [0.5, 0.6) is 0 Å². The third-order valence-corrected chi connectivity index (χ3v) is 5.82. The molecule has 0 bridgehead atoms. The fourth-order valence-corrected chi connectivity index (χ4v) is 3.93. The van der Waals surface area contributed by atoms with Crippen LogP contribution in [0, 0.1) is 5.82 Å². The van der Waals surface area contributed by atoms with Crippen LogP contribution in [0.15, 0.2) is 54.9 Å². The van der Waals surface area contributed by atoms with Gasteiger partial charge < -0.3 is 14.8 Å². The molecular weight excluding hydrogens is 466 g/mol. The molecule has 3 heterocycles. The smallest absolute Gasteiger partial charge is 0.375 e. The van der Waals surface area contributed by atoms with Gasteiger partial charge in [-0.25, -0.2) is 9.07 Å². The summed E-state index contributed by atoms with van der Waals surface area (Å²) >= 11 is 0. The fraction of sp³-hybridized carbons (Fsp3) is 0.292. The van der Waals surface area contributed by atoms with Crippen LogP contribution in [0.3, 0.4) is 0 Å². The Balaban J connectivity index is 1.71. The first-order chi connectivity index (χ1) is 16.6. The molecule has 0 spiro atoms. The minimum absolute atomic E-state index is 0.0920. The lowest BCUT2D eigenvalue weighted by Crippen LogP contribution is -2.42. The maximum Gasteiger partial charge on any atom is 0.423 e. The van der Waals surface area contributed by atoms with E-state index in [0.29, 0.717) is 34.4 Å². The molecule has 1 unspecified atom stereocenters. The highest BCUT2D eigenvalue weighted by Gasteiger charge is 2.55. The second-order valence-corrected chi connectivity index (χ2v) is 8.12. The van der Waals surface area contributed by atoms with E-state index in [-0.39, 0.29) is 12.5 Å². The van der Waals surface area contributed by atoms with E-state index in [2.05, 4.69) is 15.6 Å². The van der Waals surface area contributed by atoms with Crippen LogP contribution < -0.4 is 5.32 Å². The highest BCUT2D eigenvalue weighted by Crippen LogP contribution is 2.40. The number of alkyl halides is 3. The number of aliphatic hydroxyl groups is 1. The highest BCUT2D eigenvalue weighted by atomic mass is 19.4. The number of benzene rings is 1. The van der Waals surface area contributed by atoms with E-state index in [9.17, 15) is 27.5 Å². The maximum absolute atomic E-state index is 13.5. The van der Waals surface area contributed by atoms with Crippen molar-refractivity contribution in [3.8, 4) is 11.3 Å². The summed E-state index contributed by atoms with van der Waals surface area (Å²) in [6, 6.07) is 11.0. The van der Waals surface area contributed by atoms with E-state index in [4.69, 9.17) is 0 Å². The van der Waals surface area contributed by atoms with Crippen LogP contribution in [0.1, 0.15) is 41.9 Å². The minimum Gasteiger partial charge on any atom is -0.375 e. The van der Waals surface area contributed by atoms with Crippen molar-refractivity contribution < 1.29 is 27.5 Å². The van der Waals surface area contributed by atoms with E-state index in [1.54, 1.807) is 47.9 Å². The van der Waals surface area contributed by atoms with Crippen molar-refractivity contribution in [2.24, 2.45) is 0 Å². The number of fused-ring (bicyclic) bond motifs is 1. The molecule has 4 aromatic rings. The monoisotopic (exact) mass is 489 g/mol. The van der Waals surface area contributed by atoms with E-state index in [0.717, 1.165) is 6.20 Å².